The SMILES string of the molecule is CCOc1cccc2c1nc(N)n2CCOC. The van der Waals surface area contributed by atoms with Gasteiger partial charge in [0.05, 0.1) is 18.7 Å². The minimum Gasteiger partial charge on any atom is -0.492 e. The van der Waals surface area contributed by atoms with E-state index in [1.54, 1.807) is 7.11 Å². The molecule has 5 nitrogen and oxygen atoms in total. The second-order valence-corrected chi connectivity index (χ2v) is 3.67. The molecule has 0 aliphatic rings. The van der Waals surface area contributed by atoms with Gasteiger partial charge in [-0.05, 0) is 19.1 Å². The molecule has 1 heterocycles. The summed E-state index contributed by atoms with van der Waals surface area (Å²) in [6.45, 7) is 3.86. The molecule has 2 aromatic rings. The summed E-state index contributed by atoms with van der Waals surface area (Å²) in [5.41, 5.74) is 7.69. The molecule has 0 saturated carbocycles. The van der Waals surface area contributed by atoms with Gasteiger partial charge in [-0.1, -0.05) is 6.07 Å². The maximum Gasteiger partial charge on any atom is 0.201 e. The van der Waals surface area contributed by atoms with Crippen molar-refractivity contribution in [3.8, 4) is 5.75 Å². The summed E-state index contributed by atoms with van der Waals surface area (Å²) >= 11 is 0. The molecule has 0 fully saturated rings. The Morgan fingerprint density at radius 1 is 1.41 bits per heavy atom. The molecule has 1 aromatic carbocycles. The number of nitrogen functional groups attached to an aromatic ring is 1. The Bertz CT molecular complexity index is 508. The molecule has 0 spiro atoms. The highest BCUT2D eigenvalue weighted by molar-refractivity contribution is 5.84. The summed E-state index contributed by atoms with van der Waals surface area (Å²) in [6.07, 6.45) is 0. The predicted octanol–water partition coefficient (Wildman–Crippen LogP) is 1.66. The van der Waals surface area contributed by atoms with Gasteiger partial charge in [0.2, 0.25) is 5.95 Å². The lowest BCUT2D eigenvalue weighted by Gasteiger charge is -2.06. The number of imidazole rings is 1. The monoisotopic (exact) mass is 235 g/mol. The zero-order valence-electron chi connectivity index (χ0n) is 10.1. The van der Waals surface area contributed by atoms with E-state index in [2.05, 4.69) is 4.98 Å². The van der Waals surface area contributed by atoms with E-state index in [4.69, 9.17) is 15.2 Å². The van der Waals surface area contributed by atoms with E-state index in [1.807, 2.05) is 29.7 Å². The number of fused-ring (bicyclic) bond motifs is 1. The highest BCUT2D eigenvalue weighted by Gasteiger charge is 2.11. The molecule has 2 N–H and O–H groups in total. The largest absolute Gasteiger partial charge is 0.492 e. The van der Waals surface area contributed by atoms with Crippen LogP contribution in [0.5, 0.6) is 5.75 Å². The number of aromatic nitrogens is 2. The smallest absolute Gasteiger partial charge is 0.201 e. The molecule has 2 rings (SSSR count). The second-order valence-electron chi connectivity index (χ2n) is 3.67. The first kappa shape index (κ1) is 11.7. The quantitative estimate of drug-likeness (QED) is 0.856. The van der Waals surface area contributed by atoms with Crippen molar-refractivity contribution < 1.29 is 9.47 Å². The first-order chi connectivity index (χ1) is 8.27. The summed E-state index contributed by atoms with van der Waals surface area (Å²) < 4.78 is 12.5. The number of methoxy groups -OCH3 is 1. The van der Waals surface area contributed by atoms with Gasteiger partial charge in [0.15, 0.2) is 0 Å². The molecule has 0 atom stereocenters. The number of nitrogens with two attached hydrogens (primary N) is 1. The van der Waals surface area contributed by atoms with Gasteiger partial charge in [-0.2, -0.15) is 0 Å². The highest BCUT2D eigenvalue weighted by Crippen LogP contribution is 2.26. The van der Waals surface area contributed by atoms with Crippen LogP contribution in [0.15, 0.2) is 18.2 Å². The number of nitrogens with zero attached hydrogens (tertiary/aromatic N) is 2. The van der Waals surface area contributed by atoms with Crippen molar-refractivity contribution in [3.05, 3.63) is 18.2 Å². The van der Waals surface area contributed by atoms with Crippen LogP contribution in [0, 0.1) is 0 Å². The number of anilines is 1. The molecule has 0 aliphatic heterocycles. The average molecular weight is 235 g/mol. The lowest BCUT2D eigenvalue weighted by molar-refractivity contribution is 0.189. The molecule has 0 saturated heterocycles. The lowest BCUT2D eigenvalue weighted by atomic mass is 10.3. The number of hydrogen-bond acceptors (Lipinski definition) is 4. The van der Waals surface area contributed by atoms with E-state index in [9.17, 15) is 0 Å². The minimum atomic E-state index is 0.490. The third-order valence-electron chi connectivity index (χ3n) is 2.59. The molecule has 17 heavy (non-hydrogen) atoms. The van der Waals surface area contributed by atoms with Crippen LogP contribution in [0.3, 0.4) is 0 Å². The lowest BCUT2D eigenvalue weighted by Crippen LogP contribution is -2.07. The number of ether oxygens (including phenoxy) is 2. The summed E-state index contributed by atoms with van der Waals surface area (Å²) in [4.78, 5) is 4.34. The molecule has 0 aliphatic carbocycles. The van der Waals surface area contributed by atoms with Crippen LogP contribution >= 0.6 is 0 Å². The van der Waals surface area contributed by atoms with Gasteiger partial charge in [0.1, 0.15) is 11.3 Å². The summed E-state index contributed by atoms with van der Waals surface area (Å²) in [7, 11) is 1.67. The summed E-state index contributed by atoms with van der Waals surface area (Å²) in [5, 5.41) is 0. The number of rotatable bonds is 5. The maximum atomic E-state index is 5.90. The Morgan fingerprint density at radius 2 is 2.24 bits per heavy atom. The maximum absolute atomic E-state index is 5.90. The van der Waals surface area contributed by atoms with Crippen LogP contribution < -0.4 is 10.5 Å². The van der Waals surface area contributed by atoms with Gasteiger partial charge in [-0.25, -0.2) is 4.98 Å². The van der Waals surface area contributed by atoms with Crippen LogP contribution in [0.2, 0.25) is 0 Å². The standard InChI is InChI=1S/C12H17N3O2/c1-3-17-10-6-4-5-9-11(10)14-12(13)15(9)7-8-16-2/h4-6H,3,7-8H2,1-2H3,(H2,13,14). The summed E-state index contributed by atoms with van der Waals surface area (Å²) in [5.74, 6) is 1.26. The minimum absolute atomic E-state index is 0.490. The fourth-order valence-electron chi connectivity index (χ4n) is 1.83. The van der Waals surface area contributed by atoms with E-state index in [1.165, 1.54) is 0 Å². The van der Waals surface area contributed by atoms with E-state index in [-0.39, 0.29) is 0 Å². The van der Waals surface area contributed by atoms with Gasteiger partial charge in [0.25, 0.3) is 0 Å². The van der Waals surface area contributed by atoms with Crippen LogP contribution in [0.25, 0.3) is 11.0 Å². The van der Waals surface area contributed by atoms with Crippen molar-refractivity contribution in [1.29, 1.82) is 0 Å². The first-order valence-corrected chi connectivity index (χ1v) is 5.64. The number of benzene rings is 1. The molecular weight excluding hydrogens is 218 g/mol. The zero-order chi connectivity index (χ0) is 12.3. The van der Waals surface area contributed by atoms with Crippen molar-refractivity contribution in [3.63, 3.8) is 0 Å². The molecule has 0 radical (unpaired) electrons. The molecule has 0 bridgehead atoms. The summed E-state index contributed by atoms with van der Waals surface area (Å²) in [6, 6.07) is 5.83. The van der Waals surface area contributed by atoms with Gasteiger partial charge >= 0.3 is 0 Å². The van der Waals surface area contributed by atoms with Crippen LogP contribution in [0.1, 0.15) is 6.92 Å². The van der Waals surface area contributed by atoms with Crippen LogP contribution in [0.4, 0.5) is 5.95 Å². The normalized spacial score (nSPS) is 10.9. The van der Waals surface area contributed by atoms with Gasteiger partial charge in [-0.15, -0.1) is 0 Å². The fraction of sp³-hybridized carbons (Fsp3) is 0.417. The Morgan fingerprint density at radius 3 is 2.94 bits per heavy atom. The van der Waals surface area contributed by atoms with Crippen molar-refractivity contribution in [2.24, 2.45) is 0 Å². The topological polar surface area (TPSA) is 62.3 Å². The van der Waals surface area contributed by atoms with Crippen LogP contribution in [-0.4, -0.2) is 29.9 Å². The average Bonchev–Trinajstić information content (AvgIpc) is 2.64. The Hall–Kier alpha value is -1.75. The molecular formula is C12H17N3O2. The van der Waals surface area contributed by atoms with E-state index < -0.39 is 0 Å². The van der Waals surface area contributed by atoms with Crippen molar-refractivity contribution in [2.45, 2.75) is 13.5 Å². The molecule has 0 amide bonds. The van der Waals surface area contributed by atoms with Crippen LogP contribution in [-0.2, 0) is 11.3 Å². The van der Waals surface area contributed by atoms with E-state index in [0.29, 0.717) is 25.7 Å². The Labute approximate surface area is 100 Å². The van der Waals surface area contributed by atoms with Crippen molar-refractivity contribution in [2.75, 3.05) is 26.1 Å². The second kappa shape index (κ2) is 5.05. The molecule has 0 unspecified atom stereocenters. The zero-order valence-corrected chi connectivity index (χ0v) is 10.1. The Balaban J connectivity index is 2.47. The van der Waals surface area contributed by atoms with Crippen molar-refractivity contribution in [1.82, 2.24) is 9.55 Å². The van der Waals surface area contributed by atoms with Gasteiger partial charge in [0, 0.05) is 13.7 Å². The van der Waals surface area contributed by atoms with E-state index in [0.717, 1.165) is 16.8 Å². The third-order valence-corrected chi connectivity index (χ3v) is 2.59. The third kappa shape index (κ3) is 2.19. The predicted molar refractivity (Wildman–Crippen MR) is 67.2 cm³/mol. The first-order valence-electron chi connectivity index (χ1n) is 5.64. The van der Waals surface area contributed by atoms with E-state index >= 15 is 0 Å². The number of para-hydroxylation sites is 1. The fourth-order valence-corrected chi connectivity index (χ4v) is 1.83. The van der Waals surface area contributed by atoms with Gasteiger partial charge in [-0.3, -0.25) is 0 Å². The van der Waals surface area contributed by atoms with Gasteiger partial charge < -0.3 is 19.8 Å². The number of hydrogen-bond donors (Lipinski definition) is 1. The van der Waals surface area contributed by atoms with Crippen molar-refractivity contribution >= 4 is 17.0 Å². The molecule has 92 valence electrons. The highest BCUT2D eigenvalue weighted by atomic mass is 16.5. The molecule has 5 heteroatoms. The Kier molecular flexibility index (Phi) is 3.49. The molecule has 1 aromatic heterocycles.